The average Bonchev–Trinajstić information content (AvgIpc) is 2.83. The van der Waals surface area contributed by atoms with Crippen LogP contribution in [-0.2, 0) is 4.79 Å². The molecule has 6 nitrogen and oxygen atoms in total. The van der Waals surface area contributed by atoms with Crippen molar-refractivity contribution < 1.29 is 13.9 Å². The lowest BCUT2D eigenvalue weighted by Crippen LogP contribution is -2.49. The Morgan fingerprint density at radius 3 is 2.66 bits per heavy atom. The normalized spacial score (nSPS) is 18.0. The zero-order valence-electron chi connectivity index (χ0n) is 19.7. The molecule has 35 heavy (non-hydrogen) atoms. The molecule has 0 aromatic heterocycles. The predicted octanol–water partition coefficient (Wildman–Crippen LogP) is 4.99. The van der Waals surface area contributed by atoms with Gasteiger partial charge >= 0.3 is 0 Å². The van der Waals surface area contributed by atoms with Crippen LogP contribution in [0.2, 0.25) is 5.02 Å². The Hall–Kier alpha value is -3.76. The molecule has 1 saturated heterocycles. The minimum absolute atomic E-state index is 0.0191. The first-order valence-corrected chi connectivity index (χ1v) is 11.5. The number of benzene rings is 2. The van der Waals surface area contributed by atoms with Gasteiger partial charge in [0.2, 0.25) is 0 Å². The van der Waals surface area contributed by atoms with Crippen LogP contribution >= 0.6 is 11.6 Å². The first-order valence-electron chi connectivity index (χ1n) is 11.2. The Bertz CT molecular complexity index is 1210. The number of likely N-dealkylation sites (tertiary alicyclic amines) is 1. The number of halogens is 2. The van der Waals surface area contributed by atoms with E-state index in [9.17, 15) is 9.18 Å². The maximum absolute atomic E-state index is 14.0. The fraction of sp³-hybridized carbons (Fsp3) is 0.259. The predicted molar refractivity (Wildman–Crippen MR) is 137 cm³/mol. The number of hydrogen-bond acceptors (Lipinski definition) is 6. The van der Waals surface area contributed by atoms with E-state index in [0.29, 0.717) is 30.2 Å². The molecule has 0 amide bonds. The Morgan fingerprint density at radius 2 is 2.03 bits per heavy atom. The van der Waals surface area contributed by atoms with Gasteiger partial charge < -0.3 is 20.7 Å². The molecule has 0 radical (unpaired) electrons. The number of nitrogens with zero attached hydrogens (tertiary/aromatic N) is 1. The lowest BCUT2D eigenvalue weighted by molar-refractivity contribution is -0.104. The number of piperidine rings is 1. The van der Waals surface area contributed by atoms with E-state index < -0.39 is 5.82 Å². The minimum atomic E-state index is -0.583. The largest absolute Gasteiger partial charge is 0.454 e. The van der Waals surface area contributed by atoms with Gasteiger partial charge in [-0.15, -0.1) is 0 Å². The molecule has 2 aromatic carbocycles. The molecule has 1 heterocycles. The third kappa shape index (κ3) is 6.43. The van der Waals surface area contributed by atoms with Crippen molar-refractivity contribution in [3.05, 3.63) is 82.5 Å². The van der Waals surface area contributed by atoms with Crippen molar-refractivity contribution in [2.24, 2.45) is 5.73 Å². The molecule has 0 aliphatic carbocycles. The number of nitrogens with two attached hydrogens (primary N) is 1. The quantitative estimate of drug-likeness (QED) is 0.208. The number of carbonyl (C=O) groups excluding carboxylic acids is 1. The van der Waals surface area contributed by atoms with Gasteiger partial charge in [0.25, 0.3) is 0 Å². The third-order valence-electron chi connectivity index (χ3n) is 5.80. The number of ether oxygens (including phenoxy) is 1. The van der Waals surface area contributed by atoms with E-state index >= 15 is 0 Å². The van der Waals surface area contributed by atoms with Gasteiger partial charge in [-0.05, 0) is 69.2 Å². The molecular formula is C27H28ClFN4O2. The molecule has 0 spiro atoms. The first kappa shape index (κ1) is 25.9. The summed E-state index contributed by atoms with van der Waals surface area (Å²) in [5.41, 5.74) is 7.46. The van der Waals surface area contributed by atoms with Crippen LogP contribution < -0.4 is 15.8 Å². The van der Waals surface area contributed by atoms with Gasteiger partial charge in [-0.1, -0.05) is 30.0 Å². The summed E-state index contributed by atoms with van der Waals surface area (Å²) in [4.78, 5) is 14.0. The number of aldehydes is 1. The van der Waals surface area contributed by atoms with Crippen LogP contribution in [0.1, 0.15) is 32.3 Å². The fourth-order valence-electron chi connectivity index (χ4n) is 3.90. The molecule has 182 valence electrons. The van der Waals surface area contributed by atoms with E-state index in [1.54, 1.807) is 31.2 Å². The van der Waals surface area contributed by atoms with Crippen LogP contribution in [0.25, 0.3) is 0 Å². The summed E-state index contributed by atoms with van der Waals surface area (Å²) in [5.74, 6) is 5.83. The van der Waals surface area contributed by atoms with Gasteiger partial charge in [0.05, 0.1) is 17.0 Å². The maximum Gasteiger partial charge on any atom is 0.167 e. The zero-order chi connectivity index (χ0) is 25.5. The number of carbonyl (C=O) groups is 1. The molecule has 1 aliphatic heterocycles. The smallest absolute Gasteiger partial charge is 0.167 e. The Morgan fingerprint density at radius 1 is 1.31 bits per heavy atom. The molecule has 2 atom stereocenters. The number of hydrogen-bond donors (Lipinski definition) is 3. The lowest BCUT2D eigenvalue weighted by atomic mass is 9.98. The Labute approximate surface area is 210 Å². The van der Waals surface area contributed by atoms with E-state index in [1.807, 2.05) is 0 Å². The minimum Gasteiger partial charge on any atom is -0.454 e. The summed E-state index contributed by atoms with van der Waals surface area (Å²) in [6.45, 7) is 8.58. The van der Waals surface area contributed by atoms with Crippen LogP contribution in [0.4, 0.5) is 4.39 Å². The summed E-state index contributed by atoms with van der Waals surface area (Å²) < 4.78 is 19.5. The highest BCUT2D eigenvalue weighted by Gasteiger charge is 2.26. The number of rotatable bonds is 8. The van der Waals surface area contributed by atoms with Crippen molar-refractivity contribution in [3.63, 3.8) is 0 Å². The fourth-order valence-corrected chi connectivity index (χ4v) is 4.06. The van der Waals surface area contributed by atoms with Gasteiger partial charge in [0, 0.05) is 29.2 Å². The van der Waals surface area contributed by atoms with Crippen LogP contribution in [0, 0.1) is 23.1 Å². The maximum atomic E-state index is 14.0. The molecule has 0 saturated carbocycles. The summed E-state index contributed by atoms with van der Waals surface area (Å²) in [6, 6.07) is 10.8. The van der Waals surface area contributed by atoms with Crippen LogP contribution in [0.5, 0.6) is 11.5 Å². The molecule has 2 unspecified atom stereocenters. The molecule has 2 aromatic rings. The van der Waals surface area contributed by atoms with E-state index in [-0.39, 0.29) is 33.9 Å². The molecule has 1 aliphatic rings. The van der Waals surface area contributed by atoms with Gasteiger partial charge in [-0.25, -0.2) is 4.39 Å². The van der Waals surface area contributed by atoms with E-state index in [2.05, 4.69) is 35.6 Å². The van der Waals surface area contributed by atoms with Crippen LogP contribution in [0.3, 0.4) is 0 Å². The number of allylic oxidation sites excluding steroid dienone is 2. The van der Waals surface area contributed by atoms with Gasteiger partial charge in [0.15, 0.2) is 17.9 Å². The summed E-state index contributed by atoms with van der Waals surface area (Å²) in [5, 5.41) is 12.0. The van der Waals surface area contributed by atoms with E-state index in [4.69, 9.17) is 27.5 Å². The van der Waals surface area contributed by atoms with Gasteiger partial charge in [-0.3, -0.25) is 10.2 Å². The van der Waals surface area contributed by atoms with Crippen molar-refractivity contribution in [1.29, 1.82) is 5.41 Å². The highest BCUT2D eigenvalue weighted by atomic mass is 35.5. The number of nitrogens with one attached hydrogen (secondary N) is 2. The van der Waals surface area contributed by atoms with E-state index in [1.165, 1.54) is 12.1 Å². The van der Waals surface area contributed by atoms with Crippen molar-refractivity contribution in [2.75, 3.05) is 6.54 Å². The zero-order valence-corrected chi connectivity index (χ0v) is 20.5. The molecule has 0 bridgehead atoms. The topological polar surface area (TPSA) is 91.4 Å². The van der Waals surface area contributed by atoms with Crippen LogP contribution in [0.15, 0.2) is 66.1 Å². The molecule has 1 fully saturated rings. The first-order chi connectivity index (χ1) is 16.7. The second kappa shape index (κ2) is 11.6. The highest BCUT2D eigenvalue weighted by Crippen LogP contribution is 2.27. The monoisotopic (exact) mass is 494 g/mol. The summed E-state index contributed by atoms with van der Waals surface area (Å²) in [7, 11) is 0. The van der Waals surface area contributed by atoms with Crippen molar-refractivity contribution in [2.45, 2.75) is 38.8 Å². The SMILES string of the molecule is C=C(C#CC)N1CC(N/C(N)=C(/C=O)C(=N)c2ccc(Oc3ccc(Cl)cc3F)cc2)CCC1C. The van der Waals surface area contributed by atoms with E-state index in [0.717, 1.165) is 24.6 Å². The lowest BCUT2D eigenvalue weighted by Gasteiger charge is -2.40. The Kier molecular flexibility index (Phi) is 8.56. The van der Waals surface area contributed by atoms with Gasteiger partial charge in [-0.2, -0.15) is 0 Å². The summed E-state index contributed by atoms with van der Waals surface area (Å²) >= 11 is 5.77. The molecular weight excluding hydrogens is 467 g/mol. The van der Waals surface area contributed by atoms with Crippen molar-refractivity contribution in [3.8, 4) is 23.3 Å². The Balaban J connectivity index is 1.71. The van der Waals surface area contributed by atoms with Crippen molar-refractivity contribution >= 4 is 23.6 Å². The molecule has 3 rings (SSSR count). The standard InChI is InChI=1S/C27H28ClFN4O2/c1-4-5-17(2)33-15-21(10-6-18(33)3)32-27(31)23(16-34)26(30)19-7-11-22(12-8-19)35-25-13-9-20(28)14-24(25)29/h7-9,11-14,16,18,21,30,32H,2,6,10,15,31H2,1,3H3/b27-23-,30-26?. The molecule has 4 N–H and O–H groups in total. The average molecular weight is 495 g/mol. The van der Waals surface area contributed by atoms with Crippen LogP contribution in [-0.4, -0.2) is 35.5 Å². The molecule has 8 heteroatoms. The second-order valence-electron chi connectivity index (χ2n) is 8.26. The van der Waals surface area contributed by atoms with Gasteiger partial charge in [0.1, 0.15) is 11.6 Å². The highest BCUT2D eigenvalue weighted by molar-refractivity contribution is 6.30. The summed E-state index contributed by atoms with van der Waals surface area (Å²) in [6.07, 6.45) is 2.35. The second-order valence-corrected chi connectivity index (χ2v) is 8.70. The van der Waals surface area contributed by atoms with Crippen molar-refractivity contribution in [1.82, 2.24) is 10.2 Å². The third-order valence-corrected chi connectivity index (χ3v) is 6.03.